The number of carbonyl (C=O) groups is 1. The molecule has 0 saturated heterocycles. The number of halogens is 1. The topological polar surface area (TPSA) is 59.9 Å². The Labute approximate surface area is 178 Å². The zero-order chi connectivity index (χ0) is 20.5. The van der Waals surface area contributed by atoms with Gasteiger partial charge in [-0.3, -0.25) is 4.79 Å². The first-order valence-corrected chi connectivity index (χ1v) is 9.98. The number of benzene rings is 3. The normalized spacial score (nSPS) is 10.7. The summed E-state index contributed by atoms with van der Waals surface area (Å²) in [4.78, 5) is 12.1. The van der Waals surface area contributed by atoms with Crippen LogP contribution in [0.4, 0.5) is 0 Å². The van der Waals surface area contributed by atoms with Crippen molar-refractivity contribution in [3.8, 4) is 11.5 Å². The Kier molecular flexibility index (Phi) is 7.41. The smallest absolute Gasteiger partial charge is 0.271 e. The van der Waals surface area contributed by atoms with Crippen LogP contribution in [0.1, 0.15) is 28.4 Å². The molecule has 3 rings (SSSR count). The molecule has 0 saturated carbocycles. The molecular weight excluding hydrogens is 432 g/mol. The van der Waals surface area contributed by atoms with Gasteiger partial charge >= 0.3 is 0 Å². The molecule has 0 radical (unpaired) electrons. The van der Waals surface area contributed by atoms with Crippen molar-refractivity contribution >= 4 is 28.1 Å². The van der Waals surface area contributed by atoms with Gasteiger partial charge in [-0.05, 0) is 52.7 Å². The van der Waals surface area contributed by atoms with Gasteiger partial charge in [-0.2, -0.15) is 5.10 Å². The van der Waals surface area contributed by atoms with Crippen molar-refractivity contribution < 1.29 is 14.3 Å². The van der Waals surface area contributed by atoms with Gasteiger partial charge in [0.1, 0.15) is 6.61 Å². The Morgan fingerprint density at radius 1 is 1.00 bits per heavy atom. The fourth-order valence-electron chi connectivity index (χ4n) is 2.58. The van der Waals surface area contributed by atoms with Gasteiger partial charge in [-0.15, -0.1) is 0 Å². The predicted octanol–water partition coefficient (Wildman–Crippen LogP) is 5.19. The van der Waals surface area contributed by atoms with E-state index >= 15 is 0 Å². The number of nitrogens with zero attached hydrogens (tertiary/aromatic N) is 1. The summed E-state index contributed by atoms with van der Waals surface area (Å²) in [5, 5.41) is 4.05. The van der Waals surface area contributed by atoms with Crippen molar-refractivity contribution in [2.45, 2.75) is 13.5 Å². The Balaban J connectivity index is 1.72. The van der Waals surface area contributed by atoms with Crippen molar-refractivity contribution in [1.82, 2.24) is 5.43 Å². The van der Waals surface area contributed by atoms with Crippen LogP contribution in [0.3, 0.4) is 0 Å². The number of nitrogens with one attached hydrogen (secondary N) is 1. The third-order valence-electron chi connectivity index (χ3n) is 4.01. The van der Waals surface area contributed by atoms with Crippen LogP contribution >= 0.6 is 15.9 Å². The van der Waals surface area contributed by atoms with Crippen LogP contribution < -0.4 is 14.9 Å². The minimum Gasteiger partial charge on any atom is -0.490 e. The lowest BCUT2D eigenvalue weighted by Gasteiger charge is -2.14. The SMILES string of the molecule is CCOc1cc(/C=N\NC(=O)c2ccccc2)c(Br)cc1OCc1ccccc1. The number of hydrazone groups is 1. The summed E-state index contributed by atoms with van der Waals surface area (Å²) in [5.41, 5.74) is 4.90. The summed E-state index contributed by atoms with van der Waals surface area (Å²) in [6, 6.07) is 22.5. The molecule has 29 heavy (non-hydrogen) atoms. The van der Waals surface area contributed by atoms with Gasteiger partial charge in [0.15, 0.2) is 11.5 Å². The molecule has 0 spiro atoms. The molecule has 0 heterocycles. The van der Waals surface area contributed by atoms with E-state index in [-0.39, 0.29) is 5.91 Å². The minimum absolute atomic E-state index is 0.272. The zero-order valence-corrected chi connectivity index (χ0v) is 17.6. The van der Waals surface area contributed by atoms with E-state index in [2.05, 4.69) is 26.5 Å². The molecule has 0 unspecified atom stereocenters. The number of hydrogen-bond donors (Lipinski definition) is 1. The van der Waals surface area contributed by atoms with Gasteiger partial charge in [0, 0.05) is 15.6 Å². The van der Waals surface area contributed by atoms with Crippen molar-refractivity contribution in [1.29, 1.82) is 0 Å². The average Bonchev–Trinajstić information content (AvgIpc) is 2.76. The summed E-state index contributed by atoms with van der Waals surface area (Å²) in [5.74, 6) is 0.973. The van der Waals surface area contributed by atoms with Crippen LogP contribution in [0, 0.1) is 0 Å². The van der Waals surface area contributed by atoms with Crippen LogP contribution in [-0.2, 0) is 6.61 Å². The first-order chi connectivity index (χ1) is 14.2. The van der Waals surface area contributed by atoms with Crippen LogP contribution in [-0.4, -0.2) is 18.7 Å². The average molecular weight is 453 g/mol. The Hall–Kier alpha value is -3.12. The van der Waals surface area contributed by atoms with Crippen LogP contribution in [0.15, 0.2) is 82.4 Å². The number of rotatable bonds is 8. The first-order valence-electron chi connectivity index (χ1n) is 9.19. The lowest BCUT2D eigenvalue weighted by molar-refractivity contribution is 0.0955. The van der Waals surface area contributed by atoms with Gasteiger partial charge in [0.2, 0.25) is 0 Å². The number of hydrogen-bond acceptors (Lipinski definition) is 4. The quantitative estimate of drug-likeness (QED) is 0.377. The molecule has 5 nitrogen and oxygen atoms in total. The molecule has 0 aliphatic rings. The Bertz CT molecular complexity index is 976. The lowest BCUT2D eigenvalue weighted by atomic mass is 10.2. The van der Waals surface area contributed by atoms with Gasteiger partial charge in [0.25, 0.3) is 5.91 Å². The minimum atomic E-state index is -0.272. The van der Waals surface area contributed by atoms with Gasteiger partial charge in [-0.25, -0.2) is 5.43 Å². The van der Waals surface area contributed by atoms with Gasteiger partial charge in [-0.1, -0.05) is 48.5 Å². The Morgan fingerprint density at radius 3 is 2.34 bits per heavy atom. The molecule has 1 amide bonds. The van der Waals surface area contributed by atoms with Crippen LogP contribution in [0.2, 0.25) is 0 Å². The van der Waals surface area contributed by atoms with Gasteiger partial charge < -0.3 is 9.47 Å². The van der Waals surface area contributed by atoms with E-state index in [1.165, 1.54) is 0 Å². The maximum absolute atomic E-state index is 12.1. The molecular formula is C23H21BrN2O3. The van der Waals surface area contributed by atoms with Crippen molar-refractivity contribution in [2.24, 2.45) is 5.10 Å². The van der Waals surface area contributed by atoms with Crippen molar-refractivity contribution in [3.63, 3.8) is 0 Å². The zero-order valence-electron chi connectivity index (χ0n) is 16.0. The molecule has 0 aromatic heterocycles. The van der Waals surface area contributed by atoms with Crippen molar-refractivity contribution in [2.75, 3.05) is 6.61 Å². The highest BCUT2D eigenvalue weighted by Gasteiger charge is 2.11. The molecule has 148 valence electrons. The highest BCUT2D eigenvalue weighted by molar-refractivity contribution is 9.10. The van der Waals surface area contributed by atoms with Gasteiger partial charge in [0.05, 0.1) is 12.8 Å². The van der Waals surface area contributed by atoms with E-state index in [0.717, 1.165) is 15.6 Å². The van der Waals surface area contributed by atoms with E-state index in [1.807, 2.05) is 55.5 Å². The molecule has 0 aliphatic heterocycles. The largest absolute Gasteiger partial charge is 0.490 e. The maximum atomic E-state index is 12.1. The van der Waals surface area contributed by atoms with E-state index in [4.69, 9.17) is 9.47 Å². The summed E-state index contributed by atoms with van der Waals surface area (Å²) in [7, 11) is 0. The second-order valence-electron chi connectivity index (χ2n) is 6.09. The summed E-state index contributed by atoms with van der Waals surface area (Å²) in [6.07, 6.45) is 1.56. The second kappa shape index (κ2) is 10.4. The molecule has 6 heteroatoms. The van der Waals surface area contributed by atoms with E-state index in [9.17, 15) is 4.79 Å². The third-order valence-corrected chi connectivity index (χ3v) is 4.69. The van der Waals surface area contributed by atoms with E-state index in [1.54, 1.807) is 30.5 Å². The van der Waals surface area contributed by atoms with Crippen LogP contribution in [0.5, 0.6) is 11.5 Å². The number of ether oxygens (including phenoxy) is 2. The molecule has 3 aromatic rings. The summed E-state index contributed by atoms with van der Waals surface area (Å²) >= 11 is 3.53. The molecule has 0 aliphatic carbocycles. The standard InChI is InChI=1S/C23H21BrN2O3/c1-2-28-21-13-19(15-25-26-23(27)18-11-7-4-8-12-18)20(24)14-22(21)29-16-17-9-5-3-6-10-17/h3-15H,2,16H2,1H3,(H,26,27)/b25-15-. The molecule has 1 N–H and O–H groups in total. The molecule has 0 atom stereocenters. The monoisotopic (exact) mass is 452 g/mol. The lowest BCUT2D eigenvalue weighted by Crippen LogP contribution is -2.17. The summed E-state index contributed by atoms with van der Waals surface area (Å²) < 4.78 is 12.4. The second-order valence-corrected chi connectivity index (χ2v) is 6.95. The maximum Gasteiger partial charge on any atom is 0.271 e. The number of amides is 1. The number of carbonyl (C=O) groups excluding carboxylic acids is 1. The predicted molar refractivity (Wildman–Crippen MR) is 118 cm³/mol. The van der Waals surface area contributed by atoms with E-state index < -0.39 is 0 Å². The molecule has 3 aromatic carbocycles. The molecule has 0 bridgehead atoms. The summed E-state index contributed by atoms with van der Waals surface area (Å²) in [6.45, 7) is 2.86. The fraction of sp³-hybridized carbons (Fsp3) is 0.130. The van der Waals surface area contributed by atoms with Crippen LogP contribution in [0.25, 0.3) is 0 Å². The fourth-order valence-corrected chi connectivity index (χ4v) is 3.01. The third kappa shape index (κ3) is 5.93. The Morgan fingerprint density at radius 2 is 1.66 bits per heavy atom. The van der Waals surface area contributed by atoms with Crippen molar-refractivity contribution in [3.05, 3.63) is 94.0 Å². The highest BCUT2D eigenvalue weighted by atomic mass is 79.9. The first kappa shape index (κ1) is 20.6. The molecule has 0 fully saturated rings. The highest BCUT2D eigenvalue weighted by Crippen LogP contribution is 2.33. The van der Waals surface area contributed by atoms with E-state index in [0.29, 0.717) is 30.3 Å².